The summed E-state index contributed by atoms with van der Waals surface area (Å²) in [5.41, 5.74) is 0. The van der Waals surface area contributed by atoms with Crippen molar-refractivity contribution >= 4 is 0 Å². The van der Waals surface area contributed by atoms with Gasteiger partial charge < -0.3 is 10.2 Å². The van der Waals surface area contributed by atoms with Crippen molar-refractivity contribution in [2.75, 3.05) is 20.1 Å². The number of rotatable bonds is 9. The van der Waals surface area contributed by atoms with E-state index in [2.05, 4.69) is 51.9 Å². The lowest BCUT2D eigenvalue weighted by atomic mass is 10.1. The minimum atomic E-state index is 0.619. The van der Waals surface area contributed by atoms with E-state index in [0.29, 0.717) is 12.1 Å². The molecule has 98 valence electrons. The number of nitrogens with zero attached hydrogens (tertiary/aromatic N) is 1. The molecule has 0 bridgehead atoms. The van der Waals surface area contributed by atoms with Gasteiger partial charge in [0.15, 0.2) is 0 Å². The Morgan fingerprint density at radius 1 is 1.00 bits per heavy atom. The fourth-order valence-electron chi connectivity index (χ4n) is 1.69. The first-order valence-corrected chi connectivity index (χ1v) is 6.87. The van der Waals surface area contributed by atoms with Gasteiger partial charge >= 0.3 is 0 Å². The largest absolute Gasteiger partial charge is 0.315 e. The SMILES string of the molecule is CC(C)CCN(C)C(C)CCCNC(C)C. The fourth-order valence-corrected chi connectivity index (χ4v) is 1.69. The zero-order valence-electron chi connectivity index (χ0n) is 12.2. The molecule has 16 heavy (non-hydrogen) atoms. The van der Waals surface area contributed by atoms with Gasteiger partial charge in [-0.15, -0.1) is 0 Å². The van der Waals surface area contributed by atoms with Gasteiger partial charge in [0.1, 0.15) is 0 Å². The Kier molecular flexibility index (Phi) is 8.96. The second kappa shape index (κ2) is 9.00. The molecule has 0 saturated carbocycles. The number of nitrogens with one attached hydrogen (secondary N) is 1. The van der Waals surface area contributed by atoms with Crippen molar-refractivity contribution in [2.24, 2.45) is 5.92 Å². The van der Waals surface area contributed by atoms with Crippen molar-refractivity contribution < 1.29 is 0 Å². The smallest absolute Gasteiger partial charge is 0.00643 e. The first kappa shape index (κ1) is 15.9. The predicted molar refractivity (Wildman–Crippen MR) is 73.9 cm³/mol. The fraction of sp³-hybridized carbons (Fsp3) is 1.00. The highest BCUT2D eigenvalue weighted by molar-refractivity contribution is 4.65. The van der Waals surface area contributed by atoms with Crippen molar-refractivity contribution in [2.45, 2.75) is 66.0 Å². The minimum absolute atomic E-state index is 0.619. The van der Waals surface area contributed by atoms with Crippen molar-refractivity contribution in [1.29, 1.82) is 0 Å². The molecule has 2 heteroatoms. The van der Waals surface area contributed by atoms with Crippen LogP contribution in [0.3, 0.4) is 0 Å². The summed E-state index contributed by atoms with van der Waals surface area (Å²) in [5, 5.41) is 3.47. The van der Waals surface area contributed by atoms with Gasteiger partial charge in [0.2, 0.25) is 0 Å². The highest BCUT2D eigenvalue weighted by Gasteiger charge is 2.09. The maximum atomic E-state index is 3.47. The van der Waals surface area contributed by atoms with Gasteiger partial charge in [-0.1, -0.05) is 27.7 Å². The highest BCUT2D eigenvalue weighted by atomic mass is 15.1. The zero-order valence-corrected chi connectivity index (χ0v) is 12.2. The number of hydrogen-bond donors (Lipinski definition) is 1. The normalized spacial score (nSPS) is 14.1. The summed E-state index contributed by atoms with van der Waals surface area (Å²) in [5.74, 6) is 0.817. The van der Waals surface area contributed by atoms with Crippen LogP contribution in [-0.2, 0) is 0 Å². The van der Waals surface area contributed by atoms with Crippen LogP contribution in [0.2, 0.25) is 0 Å². The van der Waals surface area contributed by atoms with E-state index < -0.39 is 0 Å². The summed E-state index contributed by atoms with van der Waals surface area (Å²) >= 11 is 0. The average Bonchev–Trinajstić information content (AvgIpc) is 2.20. The van der Waals surface area contributed by atoms with Crippen LogP contribution in [-0.4, -0.2) is 37.1 Å². The zero-order chi connectivity index (χ0) is 12.6. The molecular weight excluding hydrogens is 196 g/mol. The first-order chi connectivity index (χ1) is 7.43. The average molecular weight is 228 g/mol. The van der Waals surface area contributed by atoms with Crippen LogP contribution < -0.4 is 5.32 Å². The first-order valence-electron chi connectivity index (χ1n) is 6.87. The van der Waals surface area contributed by atoms with Crippen LogP contribution in [0.1, 0.15) is 53.9 Å². The molecule has 0 aromatic heterocycles. The molecule has 0 amide bonds. The van der Waals surface area contributed by atoms with E-state index in [1.807, 2.05) is 0 Å². The molecule has 1 atom stereocenters. The van der Waals surface area contributed by atoms with E-state index in [1.54, 1.807) is 0 Å². The Balaban J connectivity index is 3.51. The van der Waals surface area contributed by atoms with E-state index in [-0.39, 0.29) is 0 Å². The lowest BCUT2D eigenvalue weighted by molar-refractivity contribution is 0.229. The summed E-state index contributed by atoms with van der Waals surface area (Å²) in [7, 11) is 2.25. The lowest BCUT2D eigenvalue weighted by Gasteiger charge is -2.25. The molecule has 2 nitrogen and oxygen atoms in total. The molecule has 0 spiro atoms. The van der Waals surface area contributed by atoms with E-state index >= 15 is 0 Å². The third-order valence-corrected chi connectivity index (χ3v) is 3.16. The van der Waals surface area contributed by atoms with Gasteiger partial charge in [-0.25, -0.2) is 0 Å². The molecule has 0 heterocycles. The Hall–Kier alpha value is -0.0800. The molecule has 0 rings (SSSR count). The van der Waals surface area contributed by atoms with E-state index in [4.69, 9.17) is 0 Å². The van der Waals surface area contributed by atoms with E-state index in [1.165, 1.54) is 25.8 Å². The maximum Gasteiger partial charge on any atom is 0.00643 e. The quantitative estimate of drug-likeness (QED) is 0.610. The van der Waals surface area contributed by atoms with E-state index in [9.17, 15) is 0 Å². The summed E-state index contributed by atoms with van der Waals surface area (Å²) < 4.78 is 0. The molecule has 0 aromatic carbocycles. The van der Waals surface area contributed by atoms with Gasteiger partial charge in [0, 0.05) is 12.1 Å². The molecule has 0 aromatic rings. The van der Waals surface area contributed by atoms with Crippen LogP contribution in [0.5, 0.6) is 0 Å². The minimum Gasteiger partial charge on any atom is -0.315 e. The van der Waals surface area contributed by atoms with Crippen molar-refractivity contribution in [3.63, 3.8) is 0 Å². The molecule has 0 saturated heterocycles. The third-order valence-electron chi connectivity index (χ3n) is 3.16. The molecule has 0 aliphatic rings. The molecule has 1 N–H and O–H groups in total. The Bertz CT molecular complexity index is 155. The van der Waals surface area contributed by atoms with Gasteiger partial charge in [-0.2, -0.15) is 0 Å². The van der Waals surface area contributed by atoms with Crippen molar-refractivity contribution in [3.05, 3.63) is 0 Å². The van der Waals surface area contributed by atoms with Crippen molar-refractivity contribution in [1.82, 2.24) is 10.2 Å². The third kappa shape index (κ3) is 9.17. The molecular formula is C14H32N2. The van der Waals surface area contributed by atoms with Crippen LogP contribution in [0.4, 0.5) is 0 Å². The molecule has 1 unspecified atom stereocenters. The van der Waals surface area contributed by atoms with Crippen LogP contribution in [0, 0.1) is 5.92 Å². The van der Waals surface area contributed by atoms with Crippen LogP contribution >= 0.6 is 0 Å². The maximum absolute atomic E-state index is 3.47. The van der Waals surface area contributed by atoms with Gasteiger partial charge in [0.05, 0.1) is 0 Å². The summed E-state index contributed by atoms with van der Waals surface area (Å²) in [6.07, 6.45) is 3.89. The second-order valence-corrected chi connectivity index (χ2v) is 5.76. The van der Waals surface area contributed by atoms with E-state index in [0.717, 1.165) is 12.5 Å². The van der Waals surface area contributed by atoms with Crippen LogP contribution in [0.15, 0.2) is 0 Å². The Labute approximate surface area is 103 Å². The molecule has 0 aliphatic carbocycles. The Morgan fingerprint density at radius 3 is 2.12 bits per heavy atom. The lowest BCUT2D eigenvalue weighted by Crippen LogP contribution is -2.32. The highest BCUT2D eigenvalue weighted by Crippen LogP contribution is 2.07. The standard InChI is InChI=1S/C14H32N2/c1-12(2)9-11-16(6)14(5)8-7-10-15-13(3)4/h12-15H,7-11H2,1-6H3. The van der Waals surface area contributed by atoms with Crippen LogP contribution in [0.25, 0.3) is 0 Å². The molecule has 0 radical (unpaired) electrons. The summed E-state index contributed by atoms with van der Waals surface area (Å²) in [4.78, 5) is 2.50. The van der Waals surface area contributed by atoms with Gasteiger partial charge in [-0.3, -0.25) is 0 Å². The predicted octanol–water partition coefficient (Wildman–Crippen LogP) is 3.13. The van der Waals surface area contributed by atoms with Gasteiger partial charge in [-0.05, 0) is 52.2 Å². The molecule has 0 fully saturated rings. The summed E-state index contributed by atoms with van der Waals surface area (Å²) in [6, 6.07) is 1.33. The Morgan fingerprint density at radius 2 is 1.62 bits per heavy atom. The monoisotopic (exact) mass is 228 g/mol. The van der Waals surface area contributed by atoms with Gasteiger partial charge in [0.25, 0.3) is 0 Å². The summed E-state index contributed by atoms with van der Waals surface area (Å²) in [6.45, 7) is 13.7. The topological polar surface area (TPSA) is 15.3 Å². The number of hydrogen-bond acceptors (Lipinski definition) is 2. The molecule has 0 aliphatic heterocycles. The van der Waals surface area contributed by atoms with Crippen molar-refractivity contribution in [3.8, 4) is 0 Å². The second-order valence-electron chi connectivity index (χ2n) is 5.76.